The zero-order valence-corrected chi connectivity index (χ0v) is 17.9. The van der Waals surface area contributed by atoms with Gasteiger partial charge in [-0.1, -0.05) is 12.8 Å². The summed E-state index contributed by atoms with van der Waals surface area (Å²) < 4.78 is 0. The van der Waals surface area contributed by atoms with Crippen molar-refractivity contribution >= 4 is 12.1 Å². The molecule has 0 saturated carbocycles. The van der Waals surface area contributed by atoms with E-state index >= 15 is 0 Å². The van der Waals surface area contributed by atoms with Crippen molar-refractivity contribution in [2.45, 2.75) is 38.5 Å². The van der Waals surface area contributed by atoms with E-state index in [1.54, 1.807) is 0 Å². The Labute approximate surface area is 170 Å². The van der Waals surface area contributed by atoms with Crippen molar-refractivity contribution in [3.63, 3.8) is 0 Å². The second-order valence-electron chi connectivity index (χ2n) is 8.17. The third-order valence-corrected chi connectivity index (χ3v) is 5.67. The highest BCUT2D eigenvalue weighted by molar-refractivity contribution is 5.74. The summed E-state index contributed by atoms with van der Waals surface area (Å²) in [5.41, 5.74) is 0. The van der Waals surface area contributed by atoms with Gasteiger partial charge >= 0.3 is 12.1 Å². The van der Waals surface area contributed by atoms with Crippen LogP contribution in [0.25, 0.3) is 0 Å². The fourth-order valence-electron chi connectivity index (χ4n) is 3.72. The maximum Gasteiger partial charge on any atom is 0.317 e. The van der Waals surface area contributed by atoms with Crippen LogP contribution in [0.2, 0.25) is 0 Å². The lowest BCUT2D eigenvalue weighted by Gasteiger charge is -2.21. The first kappa shape index (κ1) is 22.7. The van der Waals surface area contributed by atoms with E-state index in [1.807, 2.05) is 9.80 Å². The van der Waals surface area contributed by atoms with Crippen molar-refractivity contribution in [3.8, 4) is 0 Å². The quantitative estimate of drug-likeness (QED) is 0.635. The lowest BCUT2D eigenvalue weighted by Crippen LogP contribution is -2.42. The van der Waals surface area contributed by atoms with Gasteiger partial charge < -0.3 is 30.2 Å². The third-order valence-electron chi connectivity index (χ3n) is 5.67. The van der Waals surface area contributed by atoms with Crippen molar-refractivity contribution in [1.82, 2.24) is 30.2 Å². The van der Waals surface area contributed by atoms with Gasteiger partial charge in [0.25, 0.3) is 0 Å². The highest BCUT2D eigenvalue weighted by Gasteiger charge is 2.17. The molecule has 2 rings (SSSR count). The van der Waals surface area contributed by atoms with Gasteiger partial charge in [0.15, 0.2) is 0 Å². The number of rotatable bonds is 7. The molecule has 0 atom stereocenters. The molecule has 0 aromatic heterocycles. The lowest BCUT2D eigenvalue weighted by atomic mass is 10.2. The molecule has 2 aliphatic rings. The van der Waals surface area contributed by atoms with Crippen LogP contribution in [0.3, 0.4) is 0 Å². The molecular formula is C20H40N6O2. The van der Waals surface area contributed by atoms with Crippen LogP contribution in [0.4, 0.5) is 9.59 Å². The van der Waals surface area contributed by atoms with Gasteiger partial charge in [-0.15, -0.1) is 0 Å². The maximum atomic E-state index is 12.2. The smallest absolute Gasteiger partial charge is 0.317 e. The van der Waals surface area contributed by atoms with Crippen LogP contribution >= 0.6 is 0 Å². The van der Waals surface area contributed by atoms with Gasteiger partial charge in [0, 0.05) is 52.4 Å². The Bertz CT molecular complexity index is 434. The van der Waals surface area contributed by atoms with Crippen LogP contribution in [-0.4, -0.2) is 111 Å². The summed E-state index contributed by atoms with van der Waals surface area (Å²) in [7, 11) is 4.22. The van der Waals surface area contributed by atoms with Crippen LogP contribution in [0.5, 0.6) is 0 Å². The summed E-state index contributed by atoms with van der Waals surface area (Å²) in [5, 5.41) is 6.09. The van der Waals surface area contributed by atoms with Gasteiger partial charge in [-0.2, -0.15) is 0 Å². The van der Waals surface area contributed by atoms with E-state index in [2.05, 4.69) is 34.5 Å². The van der Waals surface area contributed by atoms with E-state index in [4.69, 9.17) is 0 Å². The summed E-state index contributed by atoms with van der Waals surface area (Å²) in [5.74, 6) is 0. The molecule has 2 saturated heterocycles. The van der Waals surface area contributed by atoms with Crippen molar-refractivity contribution in [1.29, 1.82) is 0 Å². The van der Waals surface area contributed by atoms with E-state index in [-0.39, 0.29) is 12.1 Å². The zero-order chi connectivity index (χ0) is 20.2. The highest BCUT2D eigenvalue weighted by Crippen LogP contribution is 2.04. The van der Waals surface area contributed by atoms with Crippen LogP contribution in [0, 0.1) is 0 Å². The number of carbonyl (C=O) groups is 2. The molecule has 162 valence electrons. The molecule has 0 unspecified atom stereocenters. The van der Waals surface area contributed by atoms with Crippen molar-refractivity contribution in [3.05, 3.63) is 0 Å². The number of carbonyl (C=O) groups excluding carboxylic acids is 2. The van der Waals surface area contributed by atoms with E-state index in [0.29, 0.717) is 0 Å². The van der Waals surface area contributed by atoms with Crippen molar-refractivity contribution in [2.24, 2.45) is 0 Å². The Morgan fingerprint density at radius 1 is 0.607 bits per heavy atom. The summed E-state index contributed by atoms with van der Waals surface area (Å²) >= 11 is 0. The normalized spacial score (nSPS) is 19.8. The second-order valence-corrected chi connectivity index (χ2v) is 8.17. The van der Waals surface area contributed by atoms with E-state index in [0.717, 1.165) is 104 Å². The number of nitrogens with zero attached hydrogens (tertiary/aromatic N) is 4. The molecule has 0 radical (unpaired) electrons. The number of hydrogen-bond acceptors (Lipinski definition) is 4. The molecule has 8 nitrogen and oxygen atoms in total. The minimum absolute atomic E-state index is 0.0747. The molecule has 0 aromatic carbocycles. The number of nitrogens with one attached hydrogen (secondary N) is 2. The molecule has 0 bridgehead atoms. The van der Waals surface area contributed by atoms with Crippen LogP contribution < -0.4 is 10.6 Å². The summed E-state index contributed by atoms with van der Waals surface area (Å²) in [6, 6.07) is 0.149. The molecular weight excluding hydrogens is 356 g/mol. The molecule has 4 amide bonds. The Kier molecular flexibility index (Phi) is 10.4. The van der Waals surface area contributed by atoms with Gasteiger partial charge in [-0.3, -0.25) is 0 Å². The molecule has 2 N–H and O–H groups in total. The SMILES string of the molecule is CN1CCCN(C(=O)NCCCCCCNC(=O)N2CCCN(C)CC2)CC1. The molecule has 0 aliphatic carbocycles. The summed E-state index contributed by atoms with van der Waals surface area (Å²) in [4.78, 5) is 32.8. The molecule has 2 aliphatic heterocycles. The summed E-state index contributed by atoms with van der Waals surface area (Å²) in [6.45, 7) is 8.83. The Hall–Kier alpha value is -1.54. The lowest BCUT2D eigenvalue weighted by molar-refractivity contribution is 0.198. The molecule has 28 heavy (non-hydrogen) atoms. The number of unbranched alkanes of at least 4 members (excludes halogenated alkanes) is 3. The number of hydrogen-bond donors (Lipinski definition) is 2. The Morgan fingerprint density at radius 2 is 1.04 bits per heavy atom. The summed E-state index contributed by atoms with van der Waals surface area (Å²) in [6.07, 6.45) is 6.23. The standard InChI is InChI=1S/C20H40N6O2/c1-23-11-7-13-25(17-15-23)19(27)21-9-5-3-4-6-10-22-20(28)26-14-8-12-24(2)16-18-26/h3-18H2,1-2H3,(H,21,27)(H,22,28). The zero-order valence-electron chi connectivity index (χ0n) is 17.9. The predicted molar refractivity (Wildman–Crippen MR) is 113 cm³/mol. The van der Waals surface area contributed by atoms with Gasteiger partial charge in [0.1, 0.15) is 0 Å². The first-order valence-electron chi connectivity index (χ1n) is 11.0. The second kappa shape index (κ2) is 12.8. The minimum Gasteiger partial charge on any atom is -0.338 e. The first-order valence-corrected chi connectivity index (χ1v) is 11.0. The predicted octanol–water partition coefficient (Wildman–Crippen LogP) is 1.24. The van der Waals surface area contributed by atoms with E-state index in [1.165, 1.54) is 0 Å². The third kappa shape index (κ3) is 8.65. The Balaban J connectivity index is 1.45. The van der Waals surface area contributed by atoms with Gasteiger partial charge in [0.05, 0.1) is 0 Å². The highest BCUT2D eigenvalue weighted by atomic mass is 16.2. The number of likely N-dealkylation sites (N-methyl/N-ethyl adjacent to an activating group) is 2. The Morgan fingerprint density at radius 3 is 1.46 bits per heavy atom. The minimum atomic E-state index is 0.0747. The van der Waals surface area contributed by atoms with E-state index < -0.39 is 0 Å². The van der Waals surface area contributed by atoms with Crippen LogP contribution in [0.1, 0.15) is 38.5 Å². The number of amides is 4. The largest absolute Gasteiger partial charge is 0.338 e. The van der Waals surface area contributed by atoms with Crippen molar-refractivity contribution < 1.29 is 9.59 Å². The van der Waals surface area contributed by atoms with Crippen LogP contribution in [-0.2, 0) is 0 Å². The molecule has 0 aromatic rings. The monoisotopic (exact) mass is 396 g/mol. The fraction of sp³-hybridized carbons (Fsp3) is 0.900. The molecule has 2 heterocycles. The molecule has 2 fully saturated rings. The van der Waals surface area contributed by atoms with Crippen LogP contribution in [0.15, 0.2) is 0 Å². The average Bonchev–Trinajstić information content (AvgIpc) is 3.03. The number of urea groups is 2. The molecule has 8 heteroatoms. The van der Waals surface area contributed by atoms with E-state index in [9.17, 15) is 9.59 Å². The topological polar surface area (TPSA) is 71.2 Å². The van der Waals surface area contributed by atoms with Gasteiger partial charge in [-0.05, 0) is 52.9 Å². The van der Waals surface area contributed by atoms with Gasteiger partial charge in [-0.25, -0.2) is 9.59 Å². The average molecular weight is 397 g/mol. The first-order chi connectivity index (χ1) is 13.6. The fourth-order valence-corrected chi connectivity index (χ4v) is 3.72. The van der Waals surface area contributed by atoms with Crippen molar-refractivity contribution in [2.75, 3.05) is 79.5 Å². The maximum absolute atomic E-state index is 12.2. The van der Waals surface area contributed by atoms with Gasteiger partial charge in [0.2, 0.25) is 0 Å². The molecule has 0 spiro atoms.